The summed E-state index contributed by atoms with van der Waals surface area (Å²) in [5.74, 6) is 0.532. The van der Waals surface area contributed by atoms with Crippen molar-refractivity contribution in [3.8, 4) is 0 Å². The molecule has 1 aliphatic carbocycles. The lowest BCUT2D eigenvalue weighted by Gasteiger charge is -2.43. The minimum absolute atomic E-state index is 0.532. The molecule has 2 nitrogen and oxygen atoms in total. The van der Waals surface area contributed by atoms with Crippen LogP contribution in [0.2, 0.25) is 0 Å². The van der Waals surface area contributed by atoms with Crippen LogP contribution in [-0.4, -0.2) is 29.0 Å². The molecule has 2 aromatic rings. The number of aromatic amines is 1. The third-order valence-corrected chi connectivity index (χ3v) is 5.28. The fourth-order valence-corrected chi connectivity index (χ4v) is 4.46. The molecule has 2 aliphatic rings. The first-order chi connectivity index (χ1) is 10.7. The summed E-state index contributed by atoms with van der Waals surface area (Å²) in [6, 6.07) is 7.30. The fourth-order valence-electron chi connectivity index (χ4n) is 4.46. The van der Waals surface area contributed by atoms with Crippen molar-refractivity contribution in [3.63, 3.8) is 0 Å². The van der Waals surface area contributed by atoms with E-state index >= 15 is 0 Å². The molecule has 1 aromatic carbocycles. The molecule has 1 aliphatic heterocycles. The minimum Gasteiger partial charge on any atom is -0.355 e. The highest BCUT2D eigenvalue weighted by Crippen LogP contribution is 2.43. The first-order valence-corrected chi connectivity index (χ1v) is 8.40. The summed E-state index contributed by atoms with van der Waals surface area (Å²) in [4.78, 5) is 6.24. The van der Waals surface area contributed by atoms with Crippen LogP contribution in [0, 0.1) is 0 Å². The predicted molar refractivity (Wildman–Crippen MR) is 94.2 cm³/mol. The van der Waals surface area contributed by atoms with Crippen molar-refractivity contribution in [1.82, 2.24) is 9.88 Å². The molecule has 1 aromatic heterocycles. The van der Waals surface area contributed by atoms with Gasteiger partial charge in [-0.05, 0) is 49.6 Å². The Labute approximate surface area is 132 Å². The van der Waals surface area contributed by atoms with E-state index in [4.69, 9.17) is 0 Å². The Bertz CT molecular complexity index is 765. The molecule has 2 heteroatoms. The first kappa shape index (κ1) is 13.8. The number of aromatic nitrogens is 1. The molecule has 114 valence electrons. The Morgan fingerprint density at radius 2 is 2.27 bits per heavy atom. The Kier molecular flexibility index (Phi) is 3.23. The van der Waals surface area contributed by atoms with Crippen LogP contribution in [0.3, 0.4) is 0 Å². The minimum atomic E-state index is 0.532. The average Bonchev–Trinajstić information content (AvgIpc) is 2.88. The molecule has 22 heavy (non-hydrogen) atoms. The highest BCUT2D eigenvalue weighted by Gasteiger charge is 2.36. The third kappa shape index (κ3) is 1.90. The van der Waals surface area contributed by atoms with Gasteiger partial charge in [-0.3, -0.25) is 4.90 Å². The number of benzene rings is 1. The van der Waals surface area contributed by atoms with Crippen LogP contribution in [0.1, 0.15) is 43.0 Å². The molecule has 0 saturated heterocycles. The molecule has 0 amide bonds. The zero-order valence-corrected chi connectivity index (χ0v) is 13.5. The quantitative estimate of drug-likeness (QED) is 0.826. The van der Waals surface area contributed by atoms with E-state index in [-0.39, 0.29) is 0 Å². The van der Waals surface area contributed by atoms with Crippen LogP contribution in [0.15, 0.2) is 36.4 Å². The van der Waals surface area contributed by atoms with Gasteiger partial charge in [0, 0.05) is 35.1 Å². The molecule has 1 N–H and O–H groups in total. The van der Waals surface area contributed by atoms with Crippen molar-refractivity contribution in [2.24, 2.45) is 0 Å². The van der Waals surface area contributed by atoms with Crippen molar-refractivity contribution >= 4 is 17.0 Å². The van der Waals surface area contributed by atoms with Gasteiger partial charge in [0.15, 0.2) is 0 Å². The Balaban J connectivity index is 1.92. The van der Waals surface area contributed by atoms with Crippen molar-refractivity contribution in [2.75, 3.05) is 13.1 Å². The summed E-state index contributed by atoms with van der Waals surface area (Å²) < 4.78 is 0. The van der Waals surface area contributed by atoms with Crippen molar-refractivity contribution in [1.29, 1.82) is 0 Å². The van der Waals surface area contributed by atoms with Crippen LogP contribution < -0.4 is 0 Å². The lowest BCUT2D eigenvalue weighted by molar-refractivity contribution is 0.182. The summed E-state index contributed by atoms with van der Waals surface area (Å²) in [5, 5.41) is 1.45. The van der Waals surface area contributed by atoms with Gasteiger partial charge in [-0.25, -0.2) is 0 Å². The number of nitrogens with zero attached hydrogens (tertiary/aromatic N) is 1. The summed E-state index contributed by atoms with van der Waals surface area (Å²) in [5.41, 5.74) is 6.95. The van der Waals surface area contributed by atoms with E-state index in [9.17, 15) is 0 Å². The second-order valence-corrected chi connectivity index (χ2v) is 6.77. The van der Waals surface area contributed by atoms with E-state index < -0.39 is 0 Å². The summed E-state index contributed by atoms with van der Waals surface area (Å²) in [6.45, 7) is 10.9. The fraction of sp³-hybridized carbons (Fsp3) is 0.400. The maximum absolute atomic E-state index is 4.00. The van der Waals surface area contributed by atoms with Crippen LogP contribution in [0.5, 0.6) is 0 Å². The molecule has 4 rings (SSSR count). The zero-order valence-electron chi connectivity index (χ0n) is 13.5. The van der Waals surface area contributed by atoms with E-state index in [0.717, 1.165) is 13.0 Å². The maximum Gasteiger partial charge on any atom is 0.0464 e. The van der Waals surface area contributed by atoms with Gasteiger partial charge in [-0.15, -0.1) is 0 Å². The van der Waals surface area contributed by atoms with E-state index in [1.54, 1.807) is 0 Å². The Hall–Kier alpha value is -1.80. The second-order valence-electron chi connectivity index (χ2n) is 6.77. The van der Waals surface area contributed by atoms with E-state index in [2.05, 4.69) is 54.6 Å². The molecule has 0 unspecified atom stereocenters. The van der Waals surface area contributed by atoms with Gasteiger partial charge >= 0.3 is 0 Å². The maximum atomic E-state index is 4.00. The molecular weight excluding hydrogens is 268 g/mol. The lowest BCUT2D eigenvalue weighted by Crippen LogP contribution is -2.46. The molecule has 0 fully saturated rings. The summed E-state index contributed by atoms with van der Waals surface area (Å²) >= 11 is 0. The van der Waals surface area contributed by atoms with Gasteiger partial charge in [0.2, 0.25) is 0 Å². The number of rotatable bonds is 3. The Morgan fingerprint density at radius 1 is 1.41 bits per heavy atom. The summed E-state index contributed by atoms with van der Waals surface area (Å²) in [6.07, 6.45) is 6.84. The second kappa shape index (κ2) is 5.13. The monoisotopic (exact) mass is 292 g/mol. The molecule has 2 heterocycles. The zero-order chi connectivity index (χ0) is 15.3. The van der Waals surface area contributed by atoms with Gasteiger partial charge < -0.3 is 4.98 Å². The topological polar surface area (TPSA) is 19.0 Å². The lowest BCUT2D eigenvalue weighted by atomic mass is 9.76. The molecule has 0 radical (unpaired) electrons. The highest BCUT2D eigenvalue weighted by atomic mass is 15.2. The number of nitrogens with one attached hydrogen (secondary N) is 1. The van der Waals surface area contributed by atoms with Gasteiger partial charge in [0.05, 0.1) is 0 Å². The van der Waals surface area contributed by atoms with E-state index in [1.807, 2.05) is 6.08 Å². The predicted octanol–water partition coefficient (Wildman–Crippen LogP) is 4.49. The Morgan fingerprint density at radius 3 is 3.05 bits per heavy atom. The van der Waals surface area contributed by atoms with E-state index in [1.165, 1.54) is 46.3 Å². The summed E-state index contributed by atoms with van der Waals surface area (Å²) in [7, 11) is 0. The highest BCUT2D eigenvalue weighted by molar-refractivity contribution is 5.92. The SMILES string of the molecule is C=Cc1[nH]c2cccc3c2c1C[C@@H]1[C@@H]3C=C(C)CN1CCC. The number of fused-ring (bicyclic) bond motifs is 2. The van der Waals surface area contributed by atoms with Crippen LogP contribution >= 0.6 is 0 Å². The van der Waals surface area contributed by atoms with Gasteiger partial charge in [0.25, 0.3) is 0 Å². The van der Waals surface area contributed by atoms with Crippen LogP contribution in [-0.2, 0) is 6.42 Å². The van der Waals surface area contributed by atoms with Crippen molar-refractivity contribution in [2.45, 2.75) is 38.6 Å². The molecule has 0 bridgehead atoms. The molecule has 0 spiro atoms. The van der Waals surface area contributed by atoms with Crippen molar-refractivity contribution in [3.05, 3.63) is 53.2 Å². The van der Waals surface area contributed by atoms with Crippen molar-refractivity contribution < 1.29 is 0 Å². The largest absolute Gasteiger partial charge is 0.355 e. The number of hydrogen-bond acceptors (Lipinski definition) is 1. The van der Waals surface area contributed by atoms with E-state index in [0.29, 0.717) is 12.0 Å². The van der Waals surface area contributed by atoms with Gasteiger partial charge in [-0.1, -0.05) is 37.3 Å². The van der Waals surface area contributed by atoms with Crippen LogP contribution in [0.25, 0.3) is 17.0 Å². The smallest absolute Gasteiger partial charge is 0.0464 e. The third-order valence-electron chi connectivity index (χ3n) is 5.28. The van der Waals surface area contributed by atoms with Gasteiger partial charge in [0.1, 0.15) is 0 Å². The molecular formula is C20H24N2. The first-order valence-electron chi connectivity index (χ1n) is 8.40. The standard InChI is InChI=1S/C20H24N2/c1-4-9-22-12-13(3)10-15-14-7-6-8-18-20(14)16(11-19(15)22)17(5-2)21-18/h5-8,10,15,19,21H,2,4,9,11-12H2,1,3H3/t15-,19-/m1/s1. The molecule has 0 saturated carbocycles. The van der Waals surface area contributed by atoms with Gasteiger partial charge in [-0.2, -0.15) is 0 Å². The molecule has 2 atom stereocenters. The van der Waals surface area contributed by atoms with Crippen LogP contribution in [0.4, 0.5) is 0 Å². The normalized spacial score (nSPS) is 24.2. The number of hydrogen-bond donors (Lipinski definition) is 1. The average molecular weight is 292 g/mol. The number of H-pyrrole nitrogens is 1.